The molecule has 144 valence electrons. The Morgan fingerprint density at radius 1 is 1.11 bits per heavy atom. The van der Waals surface area contributed by atoms with Gasteiger partial charge in [0.15, 0.2) is 0 Å². The predicted octanol–water partition coefficient (Wildman–Crippen LogP) is 4.20. The zero-order valence-corrected chi connectivity index (χ0v) is 16.2. The Hall–Kier alpha value is -3.15. The van der Waals surface area contributed by atoms with Gasteiger partial charge in [-0.2, -0.15) is 4.98 Å². The van der Waals surface area contributed by atoms with Gasteiger partial charge in [-0.05, 0) is 50.5 Å². The minimum Gasteiger partial charge on any atom is -0.376 e. The van der Waals surface area contributed by atoms with Crippen molar-refractivity contribution in [2.75, 3.05) is 18.4 Å². The summed E-state index contributed by atoms with van der Waals surface area (Å²) in [5.41, 5.74) is 4.83. The fourth-order valence-electron chi connectivity index (χ4n) is 3.42. The molecule has 0 atom stereocenters. The average Bonchev–Trinajstić information content (AvgIpc) is 3.39. The van der Waals surface area contributed by atoms with Crippen LogP contribution in [0.3, 0.4) is 0 Å². The minimum absolute atomic E-state index is 0.117. The SMILES string of the molecule is Cc1ccc(-c2noc(CNc3ccc(C(=O)N4CCCC4)cc3C)n2)cc1. The first kappa shape index (κ1) is 18.2. The van der Waals surface area contributed by atoms with Gasteiger partial charge in [-0.3, -0.25) is 4.79 Å². The lowest BCUT2D eigenvalue weighted by molar-refractivity contribution is 0.0792. The molecule has 2 aromatic carbocycles. The van der Waals surface area contributed by atoms with Crippen molar-refractivity contribution in [2.24, 2.45) is 0 Å². The van der Waals surface area contributed by atoms with Crippen LogP contribution in [0, 0.1) is 13.8 Å². The number of likely N-dealkylation sites (tertiary alicyclic amines) is 1. The number of hydrogen-bond acceptors (Lipinski definition) is 5. The molecule has 1 fully saturated rings. The van der Waals surface area contributed by atoms with Crippen molar-refractivity contribution >= 4 is 11.6 Å². The highest BCUT2D eigenvalue weighted by Gasteiger charge is 2.19. The van der Waals surface area contributed by atoms with Gasteiger partial charge in [0.2, 0.25) is 11.7 Å². The Morgan fingerprint density at radius 2 is 1.86 bits per heavy atom. The highest BCUT2D eigenvalue weighted by Crippen LogP contribution is 2.21. The maximum atomic E-state index is 12.5. The number of aromatic nitrogens is 2. The summed E-state index contributed by atoms with van der Waals surface area (Å²) >= 11 is 0. The Morgan fingerprint density at radius 3 is 2.57 bits per heavy atom. The molecule has 1 aliphatic rings. The Kier molecular flexibility index (Phi) is 5.10. The van der Waals surface area contributed by atoms with Gasteiger partial charge >= 0.3 is 0 Å². The number of nitrogens with one attached hydrogen (secondary N) is 1. The van der Waals surface area contributed by atoms with Crippen LogP contribution in [0.1, 0.15) is 40.2 Å². The normalized spacial score (nSPS) is 13.7. The first-order valence-electron chi connectivity index (χ1n) is 9.63. The van der Waals surface area contributed by atoms with Crippen LogP contribution < -0.4 is 5.32 Å². The molecule has 2 heterocycles. The van der Waals surface area contributed by atoms with Gasteiger partial charge in [-0.25, -0.2) is 0 Å². The van der Waals surface area contributed by atoms with E-state index in [1.54, 1.807) is 0 Å². The van der Waals surface area contributed by atoms with E-state index in [9.17, 15) is 4.79 Å². The van der Waals surface area contributed by atoms with Crippen molar-refractivity contribution in [3.63, 3.8) is 0 Å². The van der Waals surface area contributed by atoms with Gasteiger partial charge < -0.3 is 14.7 Å². The van der Waals surface area contributed by atoms with Gasteiger partial charge in [-0.15, -0.1) is 0 Å². The largest absolute Gasteiger partial charge is 0.376 e. The summed E-state index contributed by atoms with van der Waals surface area (Å²) in [7, 11) is 0. The van der Waals surface area contributed by atoms with Crippen LogP contribution in [-0.2, 0) is 6.54 Å². The third-order valence-electron chi connectivity index (χ3n) is 5.07. The molecule has 0 unspecified atom stereocenters. The second-order valence-electron chi connectivity index (χ2n) is 7.26. The van der Waals surface area contributed by atoms with Crippen molar-refractivity contribution in [3.8, 4) is 11.4 Å². The Labute approximate surface area is 164 Å². The van der Waals surface area contributed by atoms with Crippen LogP contribution in [0.2, 0.25) is 0 Å². The first-order valence-corrected chi connectivity index (χ1v) is 9.63. The maximum Gasteiger partial charge on any atom is 0.253 e. The predicted molar refractivity (Wildman–Crippen MR) is 108 cm³/mol. The lowest BCUT2D eigenvalue weighted by Gasteiger charge is -2.16. The molecule has 1 amide bonds. The van der Waals surface area contributed by atoms with Crippen LogP contribution in [0.25, 0.3) is 11.4 Å². The Balaban J connectivity index is 1.41. The van der Waals surface area contributed by atoms with Crippen LogP contribution in [0.5, 0.6) is 0 Å². The molecule has 0 spiro atoms. The molecular formula is C22H24N4O2. The molecule has 0 bridgehead atoms. The monoisotopic (exact) mass is 376 g/mol. The summed E-state index contributed by atoms with van der Waals surface area (Å²) < 4.78 is 5.36. The maximum absolute atomic E-state index is 12.5. The van der Waals surface area contributed by atoms with Crippen molar-refractivity contribution in [2.45, 2.75) is 33.2 Å². The number of aryl methyl sites for hydroxylation is 2. The number of anilines is 1. The third kappa shape index (κ3) is 3.91. The van der Waals surface area contributed by atoms with Crippen molar-refractivity contribution in [3.05, 3.63) is 65.0 Å². The summed E-state index contributed by atoms with van der Waals surface area (Å²) in [6, 6.07) is 13.8. The summed E-state index contributed by atoms with van der Waals surface area (Å²) in [5.74, 6) is 1.22. The molecule has 1 aromatic heterocycles. The molecule has 0 aliphatic carbocycles. The first-order chi connectivity index (χ1) is 13.6. The van der Waals surface area contributed by atoms with Gasteiger partial charge in [0, 0.05) is 29.9 Å². The lowest BCUT2D eigenvalue weighted by Crippen LogP contribution is -2.27. The number of carbonyl (C=O) groups excluding carboxylic acids is 1. The summed E-state index contributed by atoms with van der Waals surface area (Å²) in [5, 5.41) is 7.37. The van der Waals surface area contributed by atoms with E-state index in [4.69, 9.17) is 4.52 Å². The lowest BCUT2D eigenvalue weighted by atomic mass is 10.1. The molecule has 28 heavy (non-hydrogen) atoms. The molecule has 4 rings (SSSR count). The zero-order valence-electron chi connectivity index (χ0n) is 16.2. The van der Waals surface area contributed by atoms with Crippen LogP contribution >= 0.6 is 0 Å². The van der Waals surface area contributed by atoms with Crippen molar-refractivity contribution in [1.82, 2.24) is 15.0 Å². The molecule has 1 saturated heterocycles. The highest BCUT2D eigenvalue weighted by atomic mass is 16.5. The van der Waals surface area contributed by atoms with E-state index < -0.39 is 0 Å². The number of carbonyl (C=O) groups is 1. The van der Waals surface area contributed by atoms with Gasteiger partial charge in [0.1, 0.15) is 0 Å². The van der Waals surface area contributed by atoms with Gasteiger partial charge in [0.05, 0.1) is 6.54 Å². The fraction of sp³-hybridized carbons (Fsp3) is 0.318. The number of benzene rings is 2. The summed E-state index contributed by atoms with van der Waals surface area (Å²) in [4.78, 5) is 18.9. The molecule has 0 saturated carbocycles. The minimum atomic E-state index is 0.117. The molecule has 3 aromatic rings. The zero-order chi connectivity index (χ0) is 19.5. The fourth-order valence-corrected chi connectivity index (χ4v) is 3.42. The number of nitrogens with zero attached hydrogens (tertiary/aromatic N) is 3. The summed E-state index contributed by atoms with van der Waals surface area (Å²) in [6.45, 7) is 6.19. The molecule has 1 N–H and O–H groups in total. The standard InChI is InChI=1S/C22H24N4O2/c1-15-5-7-17(8-6-15)21-24-20(28-25-21)14-23-19-10-9-18(13-16(19)2)22(27)26-11-3-4-12-26/h5-10,13,23H,3-4,11-12,14H2,1-2H3. The molecule has 6 heteroatoms. The number of amides is 1. The van der Waals surface area contributed by atoms with Crippen molar-refractivity contribution in [1.29, 1.82) is 0 Å². The van der Waals surface area contributed by atoms with Crippen LogP contribution in [0.4, 0.5) is 5.69 Å². The smallest absolute Gasteiger partial charge is 0.253 e. The van der Waals surface area contributed by atoms with Crippen molar-refractivity contribution < 1.29 is 9.32 Å². The van der Waals surface area contributed by atoms with E-state index in [1.165, 1.54) is 5.56 Å². The highest BCUT2D eigenvalue weighted by molar-refractivity contribution is 5.95. The number of hydrogen-bond donors (Lipinski definition) is 1. The number of rotatable bonds is 5. The second kappa shape index (κ2) is 7.84. The van der Waals surface area contributed by atoms with E-state index in [0.717, 1.165) is 48.3 Å². The average molecular weight is 376 g/mol. The summed E-state index contributed by atoms with van der Waals surface area (Å²) in [6.07, 6.45) is 2.19. The quantitative estimate of drug-likeness (QED) is 0.722. The van der Waals surface area contributed by atoms with Gasteiger partial charge in [-0.1, -0.05) is 35.0 Å². The van der Waals surface area contributed by atoms with E-state index in [0.29, 0.717) is 18.3 Å². The molecular weight excluding hydrogens is 352 g/mol. The van der Waals surface area contributed by atoms with E-state index >= 15 is 0 Å². The van der Waals surface area contributed by atoms with Gasteiger partial charge in [0.25, 0.3) is 5.91 Å². The second-order valence-corrected chi connectivity index (χ2v) is 7.26. The molecule has 6 nitrogen and oxygen atoms in total. The third-order valence-corrected chi connectivity index (χ3v) is 5.07. The van der Waals surface area contributed by atoms with Crippen LogP contribution in [0.15, 0.2) is 47.0 Å². The van der Waals surface area contributed by atoms with E-state index in [1.807, 2.05) is 61.2 Å². The van der Waals surface area contributed by atoms with E-state index in [2.05, 4.69) is 15.5 Å². The molecule has 1 aliphatic heterocycles. The topological polar surface area (TPSA) is 71.3 Å². The Bertz CT molecular complexity index is 972. The van der Waals surface area contributed by atoms with E-state index in [-0.39, 0.29) is 5.91 Å². The molecule has 0 radical (unpaired) electrons. The van der Waals surface area contributed by atoms with Crippen LogP contribution in [-0.4, -0.2) is 34.0 Å².